The van der Waals surface area contributed by atoms with Crippen LogP contribution in [-0.2, 0) is 14.8 Å². The number of rotatable bonds is 10. The van der Waals surface area contributed by atoms with Gasteiger partial charge in [-0.25, -0.2) is 8.42 Å². The number of methoxy groups -OCH3 is 1. The van der Waals surface area contributed by atoms with Crippen molar-refractivity contribution in [2.45, 2.75) is 51.3 Å². The van der Waals surface area contributed by atoms with Crippen LogP contribution in [0, 0.1) is 0 Å². The van der Waals surface area contributed by atoms with E-state index in [2.05, 4.69) is 0 Å². The number of hydrogen-bond donors (Lipinski definition) is 1. The van der Waals surface area contributed by atoms with Gasteiger partial charge in [0.05, 0.1) is 11.6 Å². The standard InChI is InChI=1S/C12H26N2O3S2/c1-5-10(6-2)14(8-9-17-4)19(15,16)11(7-3)12(13)18/h10-11H,5-9H2,1-4H3,(H2,13,18). The molecule has 19 heavy (non-hydrogen) atoms. The summed E-state index contributed by atoms with van der Waals surface area (Å²) in [6.45, 7) is 6.44. The van der Waals surface area contributed by atoms with Gasteiger partial charge in [0, 0.05) is 19.7 Å². The minimum atomic E-state index is -3.52. The van der Waals surface area contributed by atoms with Crippen LogP contribution in [-0.4, -0.2) is 49.3 Å². The smallest absolute Gasteiger partial charge is 0.223 e. The number of hydrogen-bond acceptors (Lipinski definition) is 4. The van der Waals surface area contributed by atoms with E-state index in [0.29, 0.717) is 19.6 Å². The van der Waals surface area contributed by atoms with Crippen molar-refractivity contribution >= 4 is 27.2 Å². The van der Waals surface area contributed by atoms with Crippen molar-refractivity contribution in [3.8, 4) is 0 Å². The Hall–Kier alpha value is -0.240. The van der Waals surface area contributed by atoms with E-state index in [9.17, 15) is 8.42 Å². The lowest BCUT2D eigenvalue weighted by atomic mass is 10.2. The van der Waals surface area contributed by atoms with E-state index in [0.717, 1.165) is 12.8 Å². The number of sulfonamides is 1. The summed E-state index contributed by atoms with van der Waals surface area (Å²) in [6, 6.07) is -0.0384. The zero-order valence-corrected chi connectivity index (χ0v) is 13.9. The fraction of sp³-hybridized carbons (Fsp3) is 0.917. The fourth-order valence-electron chi connectivity index (χ4n) is 2.12. The molecule has 2 N–H and O–H groups in total. The van der Waals surface area contributed by atoms with Gasteiger partial charge >= 0.3 is 0 Å². The quantitative estimate of drug-likeness (QED) is 0.619. The van der Waals surface area contributed by atoms with Gasteiger partial charge in [0.25, 0.3) is 0 Å². The van der Waals surface area contributed by atoms with Crippen molar-refractivity contribution in [3.05, 3.63) is 0 Å². The van der Waals surface area contributed by atoms with Gasteiger partial charge in [-0.15, -0.1) is 0 Å². The molecule has 0 heterocycles. The second kappa shape index (κ2) is 8.84. The molecule has 0 aromatic rings. The Morgan fingerprint density at radius 1 is 1.26 bits per heavy atom. The van der Waals surface area contributed by atoms with E-state index in [4.69, 9.17) is 22.7 Å². The Balaban J connectivity index is 5.37. The van der Waals surface area contributed by atoms with E-state index in [-0.39, 0.29) is 11.0 Å². The van der Waals surface area contributed by atoms with Gasteiger partial charge in [-0.3, -0.25) is 0 Å². The molecule has 0 radical (unpaired) electrons. The summed E-state index contributed by atoms with van der Waals surface area (Å²) in [6.07, 6.45) is 1.90. The molecule has 1 unspecified atom stereocenters. The van der Waals surface area contributed by atoms with E-state index >= 15 is 0 Å². The largest absolute Gasteiger partial charge is 0.392 e. The first kappa shape index (κ1) is 18.8. The van der Waals surface area contributed by atoms with Crippen LogP contribution in [0.2, 0.25) is 0 Å². The highest BCUT2D eigenvalue weighted by Crippen LogP contribution is 2.19. The second-order valence-corrected chi connectivity index (χ2v) is 6.96. The van der Waals surface area contributed by atoms with Gasteiger partial charge < -0.3 is 10.5 Å². The Morgan fingerprint density at radius 3 is 2.11 bits per heavy atom. The Bertz CT molecular complexity index is 367. The summed E-state index contributed by atoms with van der Waals surface area (Å²) in [5, 5.41) is -0.792. The van der Waals surface area contributed by atoms with Crippen LogP contribution in [0.4, 0.5) is 0 Å². The molecular weight excluding hydrogens is 284 g/mol. The van der Waals surface area contributed by atoms with E-state index in [1.807, 2.05) is 13.8 Å². The highest BCUT2D eigenvalue weighted by atomic mass is 32.2. The molecule has 0 bridgehead atoms. The molecule has 1 atom stereocenters. The molecule has 0 fully saturated rings. The second-order valence-electron chi connectivity index (χ2n) is 4.42. The highest BCUT2D eigenvalue weighted by Gasteiger charge is 2.35. The summed E-state index contributed by atoms with van der Waals surface area (Å²) in [5.74, 6) is 0. The first-order valence-electron chi connectivity index (χ1n) is 6.65. The summed E-state index contributed by atoms with van der Waals surface area (Å²) < 4.78 is 31.9. The van der Waals surface area contributed by atoms with E-state index in [1.54, 1.807) is 14.0 Å². The third-order valence-corrected chi connectivity index (χ3v) is 6.11. The molecule has 0 rings (SSSR count). The van der Waals surface area contributed by atoms with Crippen molar-refractivity contribution < 1.29 is 13.2 Å². The zero-order valence-electron chi connectivity index (χ0n) is 12.3. The Kier molecular flexibility index (Phi) is 8.73. The summed E-state index contributed by atoms with van der Waals surface area (Å²) in [5.41, 5.74) is 5.58. The highest BCUT2D eigenvalue weighted by molar-refractivity contribution is 7.92. The molecule has 0 aliphatic rings. The SMILES string of the molecule is CCC(CC)N(CCOC)S(=O)(=O)C(CC)C(N)=S. The summed E-state index contributed by atoms with van der Waals surface area (Å²) in [4.78, 5) is 0.0378. The molecule has 0 aliphatic carbocycles. The van der Waals surface area contributed by atoms with Gasteiger partial charge in [-0.2, -0.15) is 4.31 Å². The maximum absolute atomic E-state index is 12.7. The monoisotopic (exact) mass is 310 g/mol. The van der Waals surface area contributed by atoms with Crippen LogP contribution in [0.15, 0.2) is 0 Å². The topological polar surface area (TPSA) is 72.6 Å². The normalized spacial score (nSPS) is 14.0. The van der Waals surface area contributed by atoms with Crippen molar-refractivity contribution in [3.63, 3.8) is 0 Å². The van der Waals surface area contributed by atoms with Gasteiger partial charge in [-0.05, 0) is 19.3 Å². The van der Waals surface area contributed by atoms with Crippen LogP contribution >= 0.6 is 12.2 Å². The van der Waals surface area contributed by atoms with Gasteiger partial charge in [-0.1, -0.05) is 33.0 Å². The molecule has 0 saturated heterocycles. The maximum atomic E-state index is 12.7. The molecule has 0 aromatic carbocycles. The van der Waals surface area contributed by atoms with Crippen LogP contribution < -0.4 is 5.73 Å². The summed E-state index contributed by atoms with van der Waals surface area (Å²) in [7, 11) is -1.96. The molecule has 0 saturated carbocycles. The first-order chi connectivity index (χ1) is 8.86. The average molecular weight is 310 g/mol. The lowest BCUT2D eigenvalue weighted by Gasteiger charge is -2.32. The van der Waals surface area contributed by atoms with Gasteiger partial charge in [0.1, 0.15) is 5.25 Å². The minimum absolute atomic E-state index is 0.0378. The van der Waals surface area contributed by atoms with Crippen LogP contribution in [0.25, 0.3) is 0 Å². The van der Waals surface area contributed by atoms with Crippen molar-refractivity contribution in [1.29, 1.82) is 0 Å². The van der Waals surface area contributed by atoms with Crippen molar-refractivity contribution in [2.75, 3.05) is 20.3 Å². The van der Waals surface area contributed by atoms with Crippen LogP contribution in [0.1, 0.15) is 40.0 Å². The van der Waals surface area contributed by atoms with Crippen molar-refractivity contribution in [1.82, 2.24) is 4.31 Å². The Labute approximate surface area is 122 Å². The molecule has 0 aromatic heterocycles. The molecule has 7 heteroatoms. The lowest BCUT2D eigenvalue weighted by molar-refractivity contribution is 0.163. The van der Waals surface area contributed by atoms with E-state index in [1.165, 1.54) is 4.31 Å². The van der Waals surface area contributed by atoms with Crippen molar-refractivity contribution in [2.24, 2.45) is 5.73 Å². The molecule has 0 amide bonds. The minimum Gasteiger partial charge on any atom is -0.392 e. The summed E-state index contributed by atoms with van der Waals surface area (Å²) >= 11 is 4.90. The van der Waals surface area contributed by atoms with Crippen LogP contribution in [0.5, 0.6) is 0 Å². The fourth-order valence-corrected chi connectivity index (χ4v) is 4.73. The first-order valence-corrected chi connectivity index (χ1v) is 8.56. The number of ether oxygens (including phenoxy) is 1. The predicted molar refractivity (Wildman–Crippen MR) is 82.7 cm³/mol. The lowest BCUT2D eigenvalue weighted by Crippen LogP contribution is -2.49. The van der Waals surface area contributed by atoms with Gasteiger partial charge in [0.15, 0.2) is 0 Å². The maximum Gasteiger partial charge on any atom is 0.223 e. The van der Waals surface area contributed by atoms with Crippen LogP contribution in [0.3, 0.4) is 0 Å². The molecule has 0 spiro atoms. The third kappa shape index (κ3) is 4.98. The average Bonchev–Trinajstić information content (AvgIpc) is 2.34. The number of thiocarbonyl (C=S) groups is 1. The zero-order chi connectivity index (χ0) is 15.1. The molecule has 5 nitrogen and oxygen atoms in total. The Morgan fingerprint density at radius 2 is 1.79 bits per heavy atom. The van der Waals surface area contributed by atoms with Gasteiger partial charge in [0.2, 0.25) is 10.0 Å². The van der Waals surface area contributed by atoms with E-state index < -0.39 is 15.3 Å². The molecule has 114 valence electrons. The molecule has 0 aliphatic heterocycles. The third-order valence-electron chi connectivity index (χ3n) is 3.24. The number of nitrogens with zero attached hydrogens (tertiary/aromatic N) is 1. The predicted octanol–water partition coefficient (Wildman–Crippen LogP) is 1.52. The molecular formula is C12H26N2O3S2. The number of nitrogens with two attached hydrogens (primary N) is 1.